The molecule has 0 heterocycles. The van der Waals surface area contributed by atoms with Crippen LogP contribution in [0.2, 0.25) is 0 Å². The lowest BCUT2D eigenvalue weighted by Crippen LogP contribution is -1.95. The normalized spacial score (nSPS) is 13.6. The highest BCUT2D eigenvalue weighted by Gasteiger charge is 1.83. The molecule has 0 bridgehead atoms. The zero-order chi connectivity index (χ0) is 7.28. The molecule has 0 radical (unpaired) electrons. The molecule has 0 saturated carbocycles. The smallest absolute Gasteiger partial charge is 0.0313 e. The molecule has 0 saturated heterocycles. The van der Waals surface area contributed by atoms with Gasteiger partial charge in [0.1, 0.15) is 0 Å². The lowest BCUT2D eigenvalue weighted by atomic mass is 10.3. The van der Waals surface area contributed by atoms with E-state index in [4.69, 9.17) is 5.73 Å². The van der Waals surface area contributed by atoms with Gasteiger partial charge in [0.05, 0.1) is 0 Å². The van der Waals surface area contributed by atoms with Gasteiger partial charge in [-0.1, -0.05) is 6.58 Å². The molecule has 0 spiro atoms. The predicted molar refractivity (Wildman–Crippen MR) is 41.3 cm³/mol. The van der Waals surface area contributed by atoms with Crippen LogP contribution in [-0.2, 0) is 0 Å². The van der Waals surface area contributed by atoms with Crippen molar-refractivity contribution in [3.8, 4) is 0 Å². The fourth-order valence-electron chi connectivity index (χ4n) is 0.266. The Hall–Kier alpha value is -1.05. The van der Waals surface area contributed by atoms with E-state index in [9.17, 15) is 0 Å². The minimum absolute atomic E-state index is 0.792. The fourth-order valence-corrected chi connectivity index (χ4v) is 0.266. The molecule has 0 atom stereocenters. The molecule has 0 unspecified atom stereocenters. The Kier molecular flexibility index (Phi) is 3.44. The Bertz CT molecular complexity index is 150. The fraction of sp³-hybridized carbons (Fsp3) is 0.286. The van der Waals surface area contributed by atoms with Crippen molar-refractivity contribution in [2.24, 2.45) is 10.7 Å². The standard InChI is InChI=1S/C7H12N2/c1-4-9-5-6(2)7(3)8/h4-5H,1,8H2,2-3H3/b7-6+,9-5?. The lowest BCUT2D eigenvalue weighted by Gasteiger charge is -1.91. The number of allylic oxidation sites excluding steroid dienone is 2. The SMILES string of the molecule is C=CN=C/C(C)=C(\C)N. The van der Waals surface area contributed by atoms with Crippen molar-refractivity contribution in [2.75, 3.05) is 0 Å². The zero-order valence-corrected chi connectivity index (χ0v) is 5.89. The summed E-state index contributed by atoms with van der Waals surface area (Å²) >= 11 is 0. The van der Waals surface area contributed by atoms with Crippen LogP contribution in [0.1, 0.15) is 13.8 Å². The molecule has 0 aliphatic heterocycles. The van der Waals surface area contributed by atoms with Gasteiger partial charge in [0.15, 0.2) is 0 Å². The Labute approximate surface area is 55.8 Å². The van der Waals surface area contributed by atoms with E-state index < -0.39 is 0 Å². The van der Waals surface area contributed by atoms with Crippen molar-refractivity contribution in [3.05, 3.63) is 24.0 Å². The van der Waals surface area contributed by atoms with Crippen molar-refractivity contribution in [1.29, 1.82) is 0 Å². The molecule has 0 aromatic heterocycles. The molecule has 2 N–H and O–H groups in total. The molecule has 0 aromatic carbocycles. The average Bonchev–Trinajstić information content (AvgIpc) is 1.82. The van der Waals surface area contributed by atoms with E-state index in [1.165, 1.54) is 6.20 Å². The van der Waals surface area contributed by atoms with Gasteiger partial charge in [0.2, 0.25) is 0 Å². The van der Waals surface area contributed by atoms with Crippen LogP contribution in [-0.4, -0.2) is 6.21 Å². The van der Waals surface area contributed by atoms with Crippen LogP contribution in [0, 0.1) is 0 Å². The Balaban J connectivity index is 4.06. The van der Waals surface area contributed by atoms with Crippen molar-refractivity contribution in [3.63, 3.8) is 0 Å². The summed E-state index contributed by atoms with van der Waals surface area (Å²) in [6.07, 6.45) is 3.16. The highest BCUT2D eigenvalue weighted by Crippen LogP contribution is 1.91. The van der Waals surface area contributed by atoms with Crippen LogP contribution >= 0.6 is 0 Å². The molecule has 0 aliphatic carbocycles. The van der Waals surface area contributed by atoms with Gasteiger partial charge in [0, 0.05) is 18.1 Å². The van der Waals surface area contributed by atoms with E-state index >= 15 is 0 Å². The first-order valence-corrected chi connectivity index (χ1v) is 2.75. The van der Waals surface area contributed by atoms with Crippen molar-refractivity contribution >= 4 is 6.21 Å². The maximum atomic E-state index is 5.43. The van der Waals surface area contributed by atoms with E-state index in [2.05, 4.69) is 11.6 Å². The second-order valence-electron chi connectivity index (χ2n) is 1.83. The van der Waals surface area contributed by atoms with E-state index in [-0.39, 0.29) is 0 Å². The quantitative estimate of drug-likeness (QED) is 0.556. The monoisotopic (exact) mass is 124 g/mol. The molecule has 9 heavy (non-hydrogen) atoms. The predicted octanol–water partition coefficient (Wildman–Crippen LogP) is 1.45. The summed E-state index contributed by atoms with van der Waals surface area (Å²) in [7, 11) is 0. The third-order valence-corrected chi connectivity index (χ3v) is 0.996. The van der Waals surface area contributed by atoms with E-state index in [0.717, 1.165) is 11.3 Å². The summed E-state index contributed by atoms with van der Waals surface area (Å²) in [6, 6.07) is 0. The summed E-state index contributed by atoms with van der Waals surface area (Å²) in [5.41, 5.74) is 7.20. The first kappa shape index (κ1) is 7.95. The summed E-state index contributed by atoms with van der Waals surface area (Å²) in [5.74, 6) is 0. The van der Waals surface area contributed by atoms with E-state index in [1.54, 1.807) is 6.21 Å². The van der Waals surface area contributed by atoms with Crippen molar-refractivity contribution < 1.29 is 0 Å². The van der Waals surface area contributed by atoms with Gasteiger partial charge in [-0.15, -0.1) is 0 Å². The van der Waals surface area contributed by atoms with Gasteiger partial charge in [0.25, 0.3) is 0 Å². The third-order valence-electron chi connectivity index (χ3n) is 0.996. The molecular weight excluding hydrogens is 112 g/mol. The van der Waals surface area contributed by atoms with Crippen LogP contribution < -0.4 is 5.73 Å². The molecule has 50 valence electrons. The van der Waals surface area contributed by atoms with Crippen LogP contribution in [0.15, 0.2) is 29.0 Å². The number of aliphatic imine (C=N–C) groups is 1. The topological polar surface area (TPSA) is 38.4 Å². The molecule has 2 nitrogen and oxygen atoms in total. The molecule has 0 amide bonds. The number of rotatable bonds is 2. The average molecular weight is 124 g/mol. The zero-order valence-electron chi connectivity index (χ0n) is 5.89. The first-order valence-electron chi connectivity index (χ1n) is 2.75. The number of hydrogen-bond acceptors (Lipinski definition) is 2. The summed E-state index contributed by atoms with van der Waals surface area (Å²) < 4.78 is 0. The molecule has 2 heteroatoms. The van der Waals surface area contributed by atoms with Crippen LogP contribution in [0.3, 0.4) is 0 Å². The summed E-state index contributed by atoms with van der Waals surface area (Å²) in [6.45, 7) is 7.17. The molecule has 0 aromatic rings. The maximum absolute atomic E-state index is 5.43. The van der Waals surface area contributed by atoms with Crippen molar-refractivity contribution in [2.45, 2.75) is 13.8 Å². The minimum atomic E-state index is 0.792. The molecule has 0 aliphatic rings. The molecule has 0 fully saturated rings. The number of hydrogen-bond donors (Lipinski definition) is 1. The van der Waals surface area contributed by atoms with E-state index in [1.807, 2.05) is 13.8 Å². The van der Waals surface area contributed by atoms with Crippen LogP contribution in [0.25, 0.3) is 0 Å². The molecular formula is C7H12N2. The highest BCUT2D eigenvalue weighted by atomic mass is 14.7. The number of nitrogens with two attached hydrogens (primary N) is 1. The van der Waals surface area contributed by atoms with Gasteiger partial charge in [-0.2, -0.15) is 0 Å². The Morgan fingerprint density at radius 2 is 2.11 bits per heavy atom. The second kappa shape index (κ2) is 3.89. The van der Waals surface area contributed by atoms with Crippen LogP contribution in [0.4, 0.5) is 0 Å². The van der Waals surface area contributed by atoms with E-state index in [0.29, 0.717) is 0 Å². The largest absolute Gasteiger partial charge is 0.402 e. The van der Waals surface area contributed by atoms with Gasteiger partial charge in [-0.05, 0) is 19.4 Å². The van der Waals surface area contributed by atoms with Gasteiger partial charge >= 0.3 is 0 Å². The van der Waals surface area contributed by atoms with Gasteiger partial charge < -0.3 is 5.73 Å². The minimum Gasteiger partial charge on any atom is -0.402 e. The highest BCUT2D eigenvalue weighted by molar-refractivity contribution is 5.78. The Morgan fingerprint density at radius 3 is 2.44 bits per heavy atom. The summed E-state index contributed by atoms with van der Waals surface area (Å²) in [4.78, 5) is 3.79. The number of nitrogens with zero attached hydrogens (tertiary/aromatic N) is 1. The maximum Gasteiger partial charge on any atom is 0.0313 e. The van der Waals surface area contributed by atoms with Gasteiger partial charge in [-0.3, -0.25) is 4.99 Å². The van der Waals surface area contributed by atoms with Crippen LogP contribution in [0.5, 0.6) is 0 Å². The first-order chi connectivity index (χ1) is 4.18. The second-order valence-corrected chi connectivity index (χ2v) is 1.83. The lowest BCUT2D eigenvalue weighted by molar-refractivity contribution is 1.26. The third kappa shape index (κ3) is 3.53. The van der Waals surface area contributed by atoms with Crippen molar-refractivity contribution in [1.82, 2.24) is 0 Å². The van der Waals surface area contributed by atoms with Gasteiger partial charge in [-0.25, -0.2) is 0 Å². The molecule has 0 rings (SSSR count). The Morgan fingerprint density at radius 1 is 1.56 bits per heavy atom. The summed E-state index contributed by atoms with van der Waals surface area (Å²) in [5, 5.41) is 0.